The fourth-order valence-electron chi connectivity index (χ4n) is 0.710. The Hall–Kier alpha value is -1.38. The average Bonchev–Trinajstić information content (AvgIpc) is 2.18. The molecule has 0 aliphatic heterocycles. The molecular weight excluding hydrogens is 226 g/mol. The summed E-state index contributed by atoms with van der Waals surface area (Å²) in [5.74, 6) is 0.190. The smallest absolute Gasteiger partial charge is 0.282 e. The number of benzene rings is 1. The Labute approximate surface area is 96.3 Å². The van der Waals surface area contributed by atoms with Crippen LogP contribution in [0.5, 0.6) is 0 Å². The van der Waals surface area contributed by atoms with E-state index in [0.29, 0.717) is 0 Å². The summed E-state index contributed by atoms with van der Waals surface area (Å²) < 4.78 is 29.6. The minimum Gasteiger partial charge on any atom is -0.282 e. The SMILES string of the molecule is CC(C)C#N.Cc1ccc(S(=O)(=O)O)cc1. The third-order valence-electron chi connectivity index (χ3n) is 1.58. The van der Waals surface area contributed by atoms with Crippen molar-refractivity contribution in [1.29, 1.82) is 5.26 Å². The molecule has 16 heavy (non-hydrogen) atoms. The quantitative estimate of drug-likeness (QED) is 0.766. The summed E-state index contributed by atoms with van der Waals surface area (Å²) in [5.41, 5.74) is 0.956. The van der Waals surface area contributed by atoms with Gasteiger partial charge in [0.1, 0.15) is 0 Å². The summed E-state index contributed by atoms with van der Waals surface area (Å²) in [5, 5.41) is 7.89. The first-order valence-corrected chi connectivity index (χ1v) is 6.15. The van der Waals surface area contributed by atoms with E-state index in [1.54, 1.807) is 12.1 Å². The van der Waals surface area contributed by atoms with Crippen molar-refractivity contribution in [3.8, 4) is 6.07 Å². The second-order valence-corrected chi connectivity index (χ2v) is 4.99. The highest BCUT2D eigenvalue weighted by molar-refractivity contribution is 7.85. The van der Waals surface area contributed by atoms with Crippen LogP contribution in [0.15, 0.2) is 29.2 Å². The van der Waals surface area contributed by atoms with E-state index in [1.165, 1.54) is 12.1 Å². The molecule has 1 aromatic rings. The normalized spacial score (nSPS) is 10.2. The Morgan fingerprint density at radius 3 is 1.88 bits per heavy atom. The third-order valence-corrected chi connectivity index (χ3v) is 2.44. The highest BCUT2D eigenvalue weighted by atomic mass is 32.2. The number of hydrogen-bond donors (Lipinski definition) is 1. The molecule has 0 aromatic heterocycles. The summed E-state index contributed by atoms with van der Waals surface area (Å²) in [6.07, 6.45) is 0. The van der Waals surface area contributed by atoms with Gasteiger partial charge < -0.3 is 0 Å². The van der Waals surface area contributed by atoms with Gasteiger partial charge in [-0.1, -0.05) is 17.7 Å². The lowest BCUT2D eigenvalue weighted by molar-refractivity contribution is 0.483. The number of nitrogens with zero attached hydrogens (tertiary/aromatic N) is 1. The first kappa shape index (κ1) is 14.6. The van der Waals surface area contributed by atoms with Gasteiger partial charge in [0.05, 0.1) is 11.0 Å². The van der Waals surface area contributed by atoms with Crippen LogP contribution in [0.4, 0.5) is 0 Å². The Bertz CT molecular complexity index is 455. The van der Waals surface area contributed by atoms with Crippen molar-refractivity contribution in [3.63, 3.8) is 0 Å². The van der Waals surface area contributed by atoms with Crippen molar-refractivity contribution >= 4 is 10.1 Å². The van der Waals surface area contributed by atoms with Crippen molar-refractivity contribution in [1.82, 2.24) is 0 Å². The zero-order chi connectivity index (χ0) is 12.8. The largest absolute Gasteiger partial charge is 0.294 e. The molecule has 0 saturated carbocycles. The van der Waals surface area contributed by atoms with Crippen molar-refractivity contribution in [2.45, 2.75) is 25.7 Å². The van der Waals surface area contributed by atoms with E-state index in [0.717, 1.165) is 5.56 Å². The summed E-state index contributed by atoms with van der Waals surface area (Å²) in [6.45, 7) is 5.56. The Kier molecular flexibility index (Phi) is 5.72. The number of nitriles is 1. The molecule has 1 N–H and O–H groups in total. The van der Waals surface area contributed by atoms with Crippen LogP contribution < -0.4 is 0 Å². The van der Waals surface area contributed by atoms with Gasteiger partial charge in [0.15, 0.2) is 0 Å². The molecular formula is C11H15NO3S. The van der Waals surface area contributed by atoms with Crippen LogP contribution in [0.3, 0.4) is 0 Å². The van der Waals surface area contributed by atoms with Gasteiger partial charge in [-0.25, -0.2) is 0 Å². The predicted molar refractivity (Wildman–Crippen MR) is 61.4 cm³/mol. The second kappa shape index (κ2) is 6.26. The summed E-state index contributed by atoms with van der Waals surface area (Å²) in [6, 6.07) is 8.02. The molecule has 0 unspecified atom stereocenters. The van der Waals surface area contributed by atoms with Gasteiger partial charge in [-0.05, 0) is 32.9 Å². The van der Waals surface area contributed by atoms with Gasteiger partial charge >= 0.3 is 0 Å². The molecule has 5 heteroatoms. The molecule has 4 nitrogen and oxygen atoms in total. The Morgan fingerprint density at radius 2 is 1.62 bits per heavy atom. The van der Waals surface area contributed by atoms with Crippen LogP contribution in [0, 0.1) is 24.2 Å². The maximum Gasteiger partial charge on any atom is 0.294 e. The van der Waals surface area contributed by atoms with Crippen molar-refractivity contribution in [2.24, 2.45) is 5.92 Å². The molecule has 0 bridgehead atoms. The van der Waals surface area contributed by atoms with E-state index in [9.17, 15) is 8.42 Å². The minimum absolute atomic E-state index is 0.0666. The van der Waals surface area contributed by atoms with Crippen LogP contribution >= 0.6 is 0 Å². The van der Waals surface area contributed by atoms with Crippen LogP contribution in [-0.4, -0.2) is 13.0 Å². The number of aryl methyl sites for hydroxylation is 1. The molecule has 1 aromatic carbocycles. The maximum absolute atomic E-state index is 10.5. The molecule has 0 aliphatic rings. The van der Waals surface area contributed by atoms with Gasteiger partial charge in [-0.15, -0.1) is 0 Å². The van der Waals surface area contributed by atoms with Crippen molar-refractivity contribution in [2.75, 3.05) is 0 Å². The summed E-state index contributed by atoms with van der Waals surface area (Å²) in [4.78, 5) is -0.0666. The first-order chi connectivity index (χ1) is 7.27. The molecule has 1 rings (SSSR count). The second-order valence-electron chi connectivity index (χ2n) is 3.57. The van der Waals surface area contributed by atoms with E-state index < -0.39 is 10.1 Å². The number of rotatable bonds is 1. The van der Waals surface area contributed by atoms with E-state index in [1.807, 2.05) is 26.8 Å². The Balaban J connectivity index is 0.000000385. The average molecular weight is 241 g/mol. The summed E-state index contributed by atoms with van der Waals surface area (Å²) in [7, 11) is -4.02. The standard InChI is InChI=1S/C7H8O3S.C4H7N/c1-6-2-4-7(5-3-6)11(8,9)10;1-4(2)3-5/h2-5H,1H3,(H,8,9,10);4H,1-2H3. The molecule has 88 valence electrons. The van der Waals surface area contributed by atoms with Crippen LogP contribution in [0.1, 0.15) is 19.4 Å². The monoisotopic (exact) mass is 241 g/mol. The number of hydrogen-bond acceptors (Lipinski definition) is 3. The van der Waals surface area contributed by atoms with Crippen LogP contribution in [0.25, 0.3) is 0 Å². The van der Waals surface area contributed by atoms with E-state index in [-0.39, 0.29) is 10.8 Å². The fourth-order valence-corrected chi connectivity index (χ4v) is 1.19. The van der Waals surface area contributed by atoms with Gasteiger partial charge in [-0.3, -0.25) is 4.55 Å². The zero-order valence-electron chi connectivity index (χ0n) is 9.51. The van der Waals surface area contributed by atoms with Gasteiger partial charge in [-0.2, -0.15) is 13.7 Å². The molecule has 0 atom stereocenters. The molecule has 0 fully saturated rings. The molecule has 0 radical (unpaired) electrons. The fraction of sp³-hybridized carbons (Fsp3) is 0.364. The minimum atomic E-state index is -4.02. The zero-order valence-corrected chi connectivity index (χ0v) is 10.3. The van der Waals surface area contributed by atoms with E-state index in [4.69, 9.17) is 9.81 Å². The maximum atomic E-state index is 10.5. The van der Waals surface area contributed by atoms with Gasteiger partial charge in [0, 0.05) is 5.92 Å². The van der Waals surface area contributed by atoms with Crippen molar-refractivity contribution in [3.05, 3.63) is 29.8 Å². The highest BCUT2D eigenvalue weighted by Gasteiger charge is 2.06. The lowest BCUT2D eigenvalue weighted by Gasteiger charge is -1.95. The lowest BCUT2D eigenvalue weighted by Crippen LogP contribution is -1.96. The van der Waals surface area contributed by atoms with E-state index >= 15 is 0 Å². The molecule has 0 heterocycles. The topological polar surface area (TPSA) is 78.2 Å². The molecule has 0 spiro atoms. The Morgan fingerprint density at radius 1 is 1.25 bits per heavy atom. The molecule has 0 aliphatic carbocycles. The van der Waals surface area contributed by atoms with E-state index in [2.05, 4.69) is 0 Å². The molecule has 0 saturated heterocycles. The lowest BCUT2D eigenvalue weighted by atomic mass is 10.2. The van der Waals surface area contributed by atoms with Crippen molar-refractivity contribution < 1.29 is 13.0 Å². The highest BCUT2D eigenvalue weighted by Crippen LogP contribution is 2.08. The van der Waals surface area contributed by atoms with Crippen LogP contribution in [0.2, 0.25) is 0 Å². The van der Waals surface area contributed by atoms with Gasteiger partial charge in [0.2, 0.25) is 0 Å². The molecule has 0 amide bonds. The third kappa shape index (κ3) is 6.17. The van der Waals surface area contributed by atoms with Gasteiger partial charge in [0.25, 0.3) is 10.1 Å². The van der Waals surface area contributed by atoms with Crippen LogP contribution in [-0.2, 0) is 10.1 Å². The summed E-state index contributed by atoms with van der Waals surface area (Å²) >= 11 is 0. The first-order valence-electron chi connectivity index (χ1n) is 4.71. The predicted octanol–water partition coefficient (Wildman–Crippen LogP) is 2.41.